The summed E-state index contributed by atoms with van der Waals surface area (Å²) in [4.78, 5) is 28.4. The first-order chi connectivity index (χ1) is 16.4. The predicted octanol–water partition coefficient (Wildman–Crippen LogP) is 4.77. The number of carbonyl (C=O) groups excluding carboxylic acids is 2. The summed E-state index contributed by atoms with van der Waals surface area (Å²) in [7, 11) is 0. The molecule has 1 N–H and O–H groups in total. The minimum Gasteiger partial charge on any atom is -0.483 e. The largest absolute Gasteiger partial charge is 0.483 e. The van der Waals surface area contributed by atoms with Crippen molar-refractivity contribution in [1.82, 2.24) is 10.2 Å². The van der Waals surface area contributed by atoms with Crippen molar-refractivity contribution in [3.8, 4) is 5.75 Å². The first-order valence-corrected chi connectivity index (χ1v) is 11.7. The smallest absolute Gasteiger partial charge is 0.261 e. The Balaban J connectivity index is 1.90. The van der Waals surface area contributed by atoms with Crippen LogP contribution in [0, 0.1) is 20.8 Å². The minimum absolute atomic E-state index is 0.138. The predicted molar refractivity (Wildman–Crippen MR) is 136 cm³/mol. The third kappa shape index (κ3) is 6.95. The number of nitrogens with one attached hydrogen (secondary N) is 1. The molecule has 3 aromatic carbocycles. The molecule has 0 unspecified atom stereocenters. The Labute approximate surface area is 202 Å². The van der Waals surface area contributed by atoms with Gasteiger partial charge >= 0.3 is 0 Å². The highest BCUT2D eigenvalue weighted by Gasteiger charge is 2.30. The van der Waals surface area contributed by atoms with Crippen LogP contribution in [0.1, 0.15) is 34.7 Å². The van der Waals surface area contributed by atoms with Crippen molar-refractivity contribution in [2.45, 2.75) is 46.7 Å². The summed E-state index contributed by atoms with van der Waals surface area (Å²) in [6.07, 6.45) is 0.424. The third-order valence-corrected chi connectivity index (χ3v) is 5.79. The van der Waals surface area contributed by atoms with E-state index < -0.39 is 6.04 Å². The molecule has 0 aliphatic rings. The second-order valence-electron chi connectivity index (χ2n) is 8.66. The molecule has 3 aromatic rings. The molecule has 0 aliphatic carbocycles. The van der Waals surface area contributed by atoms with Gasteiger partial charge in [0, 0.05) is 19.5 Å². The molecule has 178 valence electrons. The van der Waals surface area contributed by atoms with Gasteiger partial charge in [0.15, 0.2) is 6.61 Å². The van der Waals surface area contributed by atoms with Crippen LogP contribution in [0.5, 0.6) is 5.75 Å². The van der Waals surface area contributed by atoms with Crippen LogP contribution in [0.25, 0.3) is 0 Å². The summed E-state index contributed by atoms with van der Waals surface area (Å²) in [5, 5.41) is 2.91. The van der Waals surface area contributed by atoms with Gasteiger partial charge in [-0.1, -0.05) is 72.3 Å². The van der Waals surface area contributed by atoms with E-state index in [9.17, 15) is 9.59 Å². The summed E-state index contributed by atoms with van der Waals surface area (Å²) in [6, 6.07) is 23.1. The van der Waals surface area contributed by atoms with E-state index in [1.165, 1.54) is 0 Å². The summed E-state index contributed by atoms with van der Waals surface area (Å²) in [5.74, 6) is 0.286. The molecule has 0 spiro atoms. The molecule has 0 radical (unpaired) electrons. The molecule has 5 nitrogen and oxygen atoms in total. The fraction of sp³-hybridized carbons (Fsp3) is 0.310. The molecule has 0 heterocycles. The number of likely N-dealkylation sites (N-methyl/N-ethyl adjacent to an activating group) is 1. The Morgan fingerprint density at radius 2 is 1.56 bits per heavy atom. The number of amides is 2. The zero-order valence-corrected chi connectivity index (χ0v) is 20.5. The quantitative estimate of drug-likeness (QED) is 0.476. The second kappa shape index (κ2) is 12.0. The molecule has 0 aromatic heterocycles. The van der Waals surface area contributed by atoms with E-state index in [2.05, 4.69) is 5.32 Å². The van der Waals surface area contributed by atoms with Gasteiger partial charge in [-0.2, -0.15) is 0 Å². The molecular formula is C29H34N2O3. The van der Waals surface area contributed by atoms with Crippen molar-refractivity contribution < 1.29 is 14.3 Å². The van der Waals surface area contributed by atoms with E-state index >= 15 is 0 Å². The van der Waals surface area contributed by atoms with Gasteiger partial charge in [0.05, 0.1) is 0 Å². The number of benzene rings is 3. The Morgan fingerprint density at radius 3 is 2.24 bits per heavy atom. The number of nitrogens with zero attached hydrogens (tertiary/aromatic N) is 1. The van der Waals surface area contributed by atoms with Gasteiger partial charge in [0.1, 0.15) is 11.8 Å². The van der Waals surface area contributed by atoms with Crippen LogP contribution in [0.4, 0.5) is 0 Å². The average molecular weight is 459 g/mol. The van der Waals surface area contributed by atoms with Crippen molar-refractivity contribution in [1.29, 1.82) is 0 Å². The zero-order valence-electron chi connectivity index (χ0n) is 20.5. The van der Waals surface area contributed by atoms with E-state index in [0.29, 0.717) is 25.3 Å². The van der Waals surface area contributed by atoms with Gasteiger partial charge < -0.3 is 15.0 Å². The molecule has 0 saturated heterocycles. The van der Waals surface area contributed by atoms with Crippen LogP contribution >= 0.6 is 0 Å². The lowest BCUT2D eigenvalue weighted by Crippen LogP contribution is -2.51. The average Bonchev–Trinajstić information content (AvgIpc) is 2.83. The lowest BCUT2D eigenvalue weighted by Gasteiger charge is -2.31. The Morgan fingerprint density at radius 1 is 0.882 bits per heavy atom. The third-order valence-electron chi connectivity index (χ3n) is 5.79. The van der Waals surface area contributed by atoms with Gasteiger partial charge in [0.25, 0.3) is 5.91 Å². The highest BCUT2D eigenvalue weighted by molar-refractivity contribution is 5.88. The number of hydrogen-bond donors (Lipinski definition) is 1. The maximum atomic E-state index is 13.5. The van der Waals surface area contributed by atoms with E-state index in [4.69, 9.17) is 4.74 Å². The zero-order chi connectivity index (χ0) is 24.5. The maximum absolute atomic E-state index is 13.5. The minimum atomic E-state index is -0.654. The summed E-state index contributed by atoms with van der Waals surface area (Å²) >= 11 is 0. The van der Waals surface area contributed by atoms with Crippen molar-refractivity contribution in [3.05, 3.63) is 101 Å². The lowest BCUT2D eigenvalue weighted by molar-refractivity contribution is -0.142. The molecule has 5 heteroatoms. The summed E-state index contributed by atoms with van der Waals surface area (Å²) in [6.45, 7) is 8.53. The SMILES string of the molecule is CCNC(=O)[C@H](Cc1ccccc1)N(Cc1ccc(C)cc1)C(=O)COc1cc(C)ccc1C. The summed E-state index contributed by atoms with van der Waals surface area (Å²) in [5.41, 5.74) is 5.13. The molecule has 34 heavy (non-hydrogen) atoms. The van der Waals surface area contributed by atoms with Crippen LogP contribution < -0.4 is 10.1 Å². The van der Waals surface area contributed by atoms with Crippen molar-refractivity contribution >= 4 is 11.8 Å². The molecule has 0 aliphatic heterocycles. The Hall–Kier alpha value is -3.60. The van der Waals surface area contributed by atoms with Gasteiger partial charge in [0.2, 0.25) is 5.91 Å². The standard InChI is InChI=1S/C29H34N2O3/c1-5-30-29(33)26(18-24-9-7-6-8-10-24)31(19-25-15-12-21(2)13-16-25)28(32)20-34-27-17-22(3)11-14-23(27)4/h6-17,26H,5,18-20H2,1-4H3,(H,30,33)/t26-/m0/s1. The first-order valence-electron chi connectivity index (χ1n) is 11.7. The van der Waals surface area contributed by atoms with Gasteiger partial charge in [-0.3, -0.25) is 9.59 Å². The highest BCUT2D eigenvalue weighted by atomic mass is 16.5. The molecular weight excluding hydrogens is 424 g/mol. The second-order valence-corrected chi connectivity index (χ2v) is 8.66. The van der Waals surface area contributed by atoms with E-state index in [1.807, 2.05) is 100 Å². The van der Waals surface area contributed by atoms with E-state index in [0.717, 1.165) is 27.8 Å². The first kappa shape index (κ1) is 25.0. The molecule has 1 atom stereocenters. The van der Waals surface area contributed by atoms with Crippen molar-refractivity contribution in [2.75, 3.05) is 13.2 Å². The van der Waals surface area contributed by atoms with Crippen molar-refractivity contribution in [2.24, 2.45) is 0 Å². The number of rotatable bonds is 10. The van der Waals surface area contributed by atoms with Crippen LogP contribution in [-0.2, 0) is 22.6 Å². The normalized spacial score (nSPS) is 11.5. The number of carbonyl (C=O) groups is 2. The van der Waals surface area contributed by atoms with E-state index in [-0.39, 0.29) is 18.4 Å². The molecule has 2 amide bonds. The van der Waals surface area contributed by atoms with Crippen LogP contribution in [0.2, 0.25) is 0 Å². The highest BCUT2D eigenvalue weighted by Crippen LogP contribution is 2.20. The molecule has 0 bridgehead atoms. The van der Waals surface area contributed by atoms with E-state index in [1.54, 1.807) is 4.90 Å². The monoisotopic (exact) mass is 458 g/mol. The van der Waals surface area contributed by atoms with Crippen LogP contribution in [0.3, 0.4) is 0 Å². The topological polar surface area (TPSA) is 58.6 Å². The van der Waals surface area contributed by atoms with Crippen LogP contribution in [0.15, 0.2) is 72.8 Å². The van der Waals surface area contributed by atoms with Crippen molar-refractivity contribution in [3.63, 3.8) is 0 Å². The van der Waals surface area contributed by atoms with Gasteiger partial charge in [-0.15, -0.1) is 0 Å². The number of aryl methyl sites for hydroxylation is 3. The molecule has 3 rings (SSSR count). The lowest BCUT2D eigenvalue weighted by atomic mass is 10.0. The fourth-order valence-corrected chi connectivity index (χ4v) is 3.82. The fourth-order valence-electron chi connectivity index (χ4n) is 3.82. The number of ether oxygens (including phenoxy) is 1. The van der Waals surface area contributed by atoms with Crippen LogP contribution in [-0.4, -0.2) is 35.9 Å². The van der Waals surface area contributed by atoms with Gasteiger partial charge in [-0.25, -0.2) is 0 Å². The van der Waals surface area contributed by atoms with Gasteiger partial charge in [-0.05, 0) is 56.0 Å². The molecule has 0 saturated carbocycles. The number of hydrogen-bond acceptors (Lipinski definition) is 3. The Kier molecular flexibility index (Phi) is 8.86. The molecule has 0 fully saturated rings. The maximum Gasteiger partial charge on any atom is 0.261 e. The summed E-state index contributed by atoms with van der Waals surface area (Å²) < 4.78 is 5.93. The Bertz CT molecular complexity index is 1090.